The first-order valence-corrected chi connectivity index (χ1v) is 6.73. The SMILES string of the molecule is COc1sc(N)nc1CC(=O)NC1CCC(=O)NC1=O. The molecule has 1 aliphatic rings. The number of hydrogen-bond acceptors (Lipinski definition) is 7. The van der Waals surface area contributed by atoms with Gasteiger partial charge in [0.2, 0.25) is 17.7 Å². The van der Waals surface area contributed by atoms with E-state index >= 15 is 0 Å². The number of carbonyl (C=O) groups is 3. The third-order valence-electron chi connectivity index (χ3n) is 2.77. The molecule has 0 aliphatic carbocycles. The summed E-state index contributed by atoms with van der Waals surface area (Å²) in [6, 6.07) is -0.692. The number of anilines is 1. The van der Waals surface area contributed by atoms with Crippen LogP contribution in [0.25, 0.3) is 0 Å². The number of rotatable bonds is 4. The van der Waals surface area contributed by atoms with Crippen molar-refractivity contribution in [1.82, 2.24) is 15.6 Å². The maximum absolute atomic E-state index is 11.9. The molecule has 0 aromatic carbocycles. The predicted molar refractivity (Wildman–Crippen MR) is 71.1 cm³/mol. The molecule has 2 rings (SSSR count). The van der Waals surface area contributed by atoms with E-state index in [-0.39, 0.29) is 24.7 Å². The maximum atomic E-state index is 11.9. The summed E-state index contributed by atoms with van der Waals surface area (Å²) in [5.41, 5.74) is 5.98. The Hall–Kier alpha value is -2.16. The normalized spacial score (nSPS) is 18.6. The fourth-order valence-corrected chi connectivity index (χ4v) is 2.52. The average molecular weight is 298 g/mol. The smallest absolute Gasteiger partial charge is 0.249 e. The summed E-state index contributed by atoms with van der Waals surface area (Å²) >= 11 is 1.14. The Balaban J connectivity index is 1.95. The van der Waals surface area contributed by atoms with Gasteiger partial charge in [-0.2, -0.15) is 0 Å². The van der Waals surface area contributed by atoms with E-state index in [9.17, 15) is 14.4 Å². The molecule has 108 valence electrons. The van der Waals surface area contributed by atoms with E-state index < -0.39 is 11.9 Å². The Morgan fingerprint density at radius 3 is 3.00 bits per heavy atom. The molecule has 2 heterocycles. The minimum Gasteiger partial charge on any atom is -0.486 e. The standard InChI is InChI=1S/C11H14N4O4S/c1-19-10-6(14-11(12)20-10)4-8(17)13-5-2-3-7(16)15-9(5)18/h5H,2-4H2,1H3,(H2,12,14)(H,13,17)(H,15,16,18). The summed E-state index contributed by atoms with van der Waals surface area (Å²) in [4.78, 5) is 38.4. The third-order valence-corrected chi connectivity index (χ3v) is 3.65. The van der Waals surface area contributed by atoms with Crippen LogP contribution in [0.3, 0.4) is 0 Å². The number of piperidine rings is 1. The van der Waals surface area contributed by atoms with Gasteiger partial charge in [0.05, 0.1) is 13.5 Å². The van der Waals surface area contributed by atoms with Gasteiger partial charge in [-0.05, 0) is 6.42 Å². The van der Waals surface area contributed by atoms with Crippen LogP contribution in [-0.2, 0) is 20.8 Å². The zero-order valence-electron chi connectivity index (χ0n) is 10.8. The largest absolute Gasteiger partial charge is 0.486 e. The Morgan fingerprint density at radius 1 is 1.60 bits per heavy atom. The first-order chi connectivity index (χ1) is 9.49. The number of nitrogens with zero attached hydrogens (tertiary/aromatic N) is 1. The molecule has 8 nitrogen and oxygen atoms in total. The Bertz CT molecular complexity index is 557. The average Bonchev–Trinajstić information content (AvgIpc) is 2.73. The first-order valence-electron chi connectivity index (χ1n) is 5.92. The molecule has 0 saturated carbocycles. The lowest BCUT2D eigenvalue weighted by Crippen LogP contribution is -2.52. The summed E-state index contributed by atoms with van der Waals surface area (Å²) in [5.74, 6) is -1.18. The Kier molecular flexibility index (Phi) is 4.18. The van der Waals surface area contributed by atoms with E-state index in [0.717, 1.165) is 11.3 Å². The van der Waals surface area contributed by atoms with E-state index in [1.165, 1.54) is 7.11 Å². The lowest BCUT2D eigenvalue weighted by Gasteiger charge is -2.21. The van der Waals surface area contributed by atoms with Gasteiger partial charge in [-0.25, -0.2) is 4.98 Å². The lowest BCUT2D eigenvalue weighted by molar-refractivity contribution is -0.137. The Labute approximate surface area is 118 Å². The van der Waals surface area contributed by atoms with Gasteiger partial charge >= 0.3 is 0 Å². The van der Waals surface area contributed by atoms with Crippen LogP contribution in [0.5, 0.6) is 5.06 Å². The van der Waals surface area contributed by atoms with Crippen LogP contribution in [0.15, 0.2) is 0 Å². The quantitative estimate of drug-likeness (QED) is 0.625. The second kappa shape index (κ2) is 5.87. The van der Waals surface area contributed by atoms with E-state index in [0.29, 0.717) is 22.3 Å². The number of methoxy groups -OCH3 is 1. The van der Waals surface area contributed by atoms with Crippen LogP contribution < -0.4 is 21.1 Å². The molecule has 0 radical (unpaired) electrons. The molecule has 1 saturated heterocycles. The molecule has 0 bridgehead atoms. The van der Waals surface area contributed by atoms with Gasteiger partial charge in [-0.3, -0.25) is 19.7 Å². The highest BCUT2D eigenvalue weighted by molar-refractivity contribution is 7.17. The van der Waals surface area contributed by atoms with Crippen molar-refractivity contribution < 1.29 is 19.1 Å². The number of thiazole rings is 1. The molecule has 20 heavy (non-hydrogen) atoms. The van der Waals surface area contributed by atoms with Crippen molar-refractivity contribution in [2.24, 2.45) is 0 Å². The number of amides is 3. The van der Waals surface area contributed by atoms with E-state index in [1.54, 1.807) is 0 Å². The number of carbonyl (C=O) groups excluding carboxylic acids is 3. The van der Waals surface area contributed by atoms with Gasteiger partial charge < -0.3 is 15.8 Å². The van der Waals surface area contributed by atoms with E-state index in [1.807, 2.05) is 0 Å². The second-order valence-corrected chi connectivity index (χ2v) is 5.23. The van der Waals surface area contributed by atoms with Gasteiger partial charge in [-0.1, -0.05) is 11.3 Å². The highest BCUT2D eigenvalue weighted by Gasteiger charge is 2.28. The van der Waals surface area contributed by atoms with Crippen molar-refractivity contribution in [3.05, 3.63) is 5.69 Å². The van der Waals surface area contributed by atoms with Crippen LogP contribution >= 0.6 is 11.3 Å². The zero-order valence-corrected chi connectivity index (χ0v) is 11.6. The van der Waals surface area contributed by atoms with E-state index in [4.69, 9.17) is 10.5 Å². The van der Waals surface area contributed by atoms with Crippen molar-refractivity contribution in [1.29, 1.82) is 0 Å². The van der Waals surface area contributed by atoms with Crippen molar-refractivity contribution in [3.63, 3.8) is 0 Å². The number of nitrogen functional groups attached to an aromatic ring is 1. The molecule has 1 unspecified atom stereocenters. The molecule has 9 heteroatoms. The monoisotopic (exact) mass is 298 g/mol. The molecule has 4 N–H and O–H groups in total. The summed E-state index contributed by atoms with van der Waals surface area (Å²) in [7, 11) is 1.47. The van der Waals surface area contributed by atoms with Gasteiger partial charge in [0.25, 0.3) is 0 Å². The minimum atomic E-state index is -0.692. The summed E-state index contributed by atoms with van der Waals surface area (Å²) in [5, 5.41) is 5.52. The molecule has 1 aromatic heterocycles. The molecule has 3 amide bonds. The molecular weight excluding hydrogens is 284 g/mol. The van der Waals surface area contributed by atoms with Crippen molar-refractivity contribution in [2.75, 3.05) is 12.8 Å². The highest BCUT2D eigenvalue weighted by atomic mass is 32.1. The van der Waals surface area contributed by atoms with Crippen molar-refractivity contribution in [2.45, 2.75) is 25.3 Å². The van der Waals surface area contributed by atoms with Gasteiger partial charge in [0.1, 0.15) is 11.7 Å². The van der Waals surface area contributed by atoms with Crippen molar-refractivity contribution >= 4 is 34.2 Å². The molecule has 1 fully saturated rings. The van der Waals surface area contributed by atoms with Crippen molar-refractivity contribution in [3.8, 4) is 5.06 Å². The van der Waals surface area contributed by atoms with E-state index in [2.05, 4.69) is 15.6 Å². The molecular formula is C11H14N4O4S. The number of aromatic nitrogens is 1. The summed E-state index contributed by atoms with van der Waals surface area (Å²) in [6.45, 7) is 0. The van der Waals surface area contributed by atoms with Crippen LogP contribution in [0.2, 0.25) is 0 Å². The summed E-state index contributed by atoms with van der Waals surface area (Å²) < 4.78 is 5.06. The molecule has 0 spiro atoms. The maximum Gasteiger partial charge on any atom is 0.249 e. The molecule has 1 atom stereocenters. The third kappa shape index (κ3) is 3.23. The van der Waals surface area contributed by atoms with Gasteiger partial charge in [0.15, 0.2) is 10.2 Å². The number of ether oxygens (including phenoxy) is 1. The van der Waals surface area contributed by atoms with Gasteiger partial charge in [0, 0.05) is 6.42 Å². The minimum absolute atomic E-state index is 0.0331. The zero-order chi connectivity index (χ0) is 14.7. The fourth-order valence-electron chi connectivity index (χ4n) is 1.86. The number of nitrogens with one attached hydrogen (secondary N) is 2. The highest BCUT2D eigenvalue weighted by Crippen LogP contribution is 2.28. The van der Waals surface area contributed by atoms with Crippen LogP contribution in [-0.4, -0.2) is 35.9 Å². The lowest BCUT2D eigenvalue weighted by atomic mass is 10.1. The first kappa shape index (κ1) is 14.3. The fraction of sp³-hybridized carbons (Fsp3) is 0.455. The van der Waals surface area contributed by atoms with Gasteiger partial charge in [-0.15, -0.1) is 0 Å². The number of imide groups is 1. The Morgan fingerprint density at radius 2 is 2.35 bits per heavy atom. The van der Waals surface area contributed by atoms with Crippen LogP contribution in [0.4, 0.5) is 5.13 Å². The molecule has 1 aliphatic heterocycles. The topological polar surface area (TPSA) is 123 Å². The van der Waals surface area contributed by atoms with Crippen LogP contribution in [0, 0.1) is 0 Å². The summed E-state index contributed by atoms with van der Waals surface area (Å²) in [6.07, 6.45) is 0.477. The number of nitrogens with two attached hydrogens (primary N) is 1. The number of hydrogen-bond donors (Lipinski definition) is 3. The second-order valence-electron chi connectivity index (χ2n) is 4.24. The van der Waals surface area contributed by atoms with Crippen LogP contribution in [0.1, 0.15) is 18.5 Å². The predicted octanol–water partition coefficient (Wildman–Crippen LogP) is -0.802. The molecule has 1 aromatic rings.